The van der Waals surface area contributed by atoms with Crippen molar-refractivity contribution < 1.29 is 9.09 Å². The smallest absolute Gasteiger partial charge is 0.309 e. The third-order valence-corrected chi connectivity index (χ3v) is 4.13. The Kier molecular flexibility index (Phi) is 15.4. The van der Waals surface area contributed by atoms with E-state index in [1.54, 1.807) is 0 Å². The van der Waals surface area contributed by atoms with Crippen LogP contribution in [0.5, 0.6) is 0 Å². The number of nitrogens with zero attached hydrogens (tertiary/aromatic N) is 1. The maximum absolute atomic E-state index is 11.5. The van der Waals surface area contributed by atoms with Gasteiger partial charge >= 0.3 is 8.18 Å². The van der Waals surface area contributed by atoms with Crippen LogP contribution >= 0.6 is 8.18 Å². The molecule has 0 heterocycles. The molecule has 0 aromatic heterocycles. The molecule has 0 amide bonds. The SMILES string of the molecule is CCCCCCCCCCO[P+](=O)NCCCN(C)C. The zero-order valence-corrected chi connectivity index (χ0v) is 14.6. The van der Waals surface area contributed by atoms with Gasteiger partial charge in [-0.2, -0.15) is 0 Å². The zero-order valence-electron chi connectivity index (χ0n) is 13.7. The summed E-state index contributed by atoms with van der Waals surface area (Å²) in [6.07, 6.45) is 11.2. The van der Waals surface area contributed by atoms with Crippen molar-refractivity contribution in [1.82, 2.24) is 9.99 Å². The lowest BCUT2D eigenvalue weighted by atomic mass is 10.1. The Morgan fingerprint density at radius 2 is 1.55 bits per heavy atom. The Bertz CT molecular complexity index is 226. The second-order valence-electron chi connectivity index (χ2n) is 5.63. The fourth-order valence-corrected chi connectivity index (χ4v) is 2.72. The van der Waals surface area contributed by atoms with Crippen LogP contribution in [-0.4, -0.2) is 38.7 Å². The van der Waals surface area contributed by atoms with Crippen LogP contribution in [-0.2, 0) is 9.09 Å². The number of hydrogen-bond acceptors (Lipinski definition) is 3. The fraction of sp³-hybridized carbons (Fsp3) is 1.00. The van der Waals surface area contributed by atoms with Gasteiger partial charge in [0.1, 0.15) is 6.61 Å². The van der Waals surface area contributed by atoms with Gasteiger partial charge in [-0.25, -0.2) is 0 Å². The van der Waals surface area contributed by atoms with Crippen molar-refractivity contribution in [3.63, 3.8) is 0 Å². The summed E-state index contributed by atoms with van der Waals surface area (Å²) in [6, 6.07) is 0. The van der Waals surface area contributed by atoms with E-state index in [1.165, 1.54) is 44.9 Å². The molecule has 1 unspecified atom stereocenters. The summed E-state index contributed by atoms with van der Waals surface area (Å²) in [5.41, 5.74) is 0. The molecular formula is C15H34N2O2P+. The van der Waals surface area contributed by atoms with Crippen LogP contribution < -0.4 is 5.09 Å². The van der Waals surface area contributed by atoms with E-state index in [9.17, 15) is 4.57 Å². The van der Waals surface area contributed by atoms with Crippen molar-refractivity contribution in [2.24, 2.45) is 0 Å². The van der Waals surface area contributed by atoms with Crippen molar-refractivity contribution in [2.75, 3.05) is 33.8 Å². The van der Waals surface area contributed by atoms with Gasteiger partial charge < -0.3 is 4.90 Å². The quantitative estimate of drug-likeness (QED) is 0.361. The highest BCUT2D eigenvalue weighted by Gasteiger charge is 2.15. The lowest BCUT2D eigenvalue weighted by Gasteiger charge is -2.06. The first-order chi connectivity index (χ1) is 9.66. The molecule has 0 saturated carbocycles. The van der Waals surface area contributed by atoms with E-state index in [0.29, 0.717) is 6.61 Å². The standard InChI is InChI=1S/C15H34N2O2P/c1-4-5-6-7-8-9-10-11-15-19-20(18)16-13-12-14-17(2)3/h4-15H2,1-3H3,(H,16,18)/q+1. The minimum atomic E-state index is -1.66. The Labute approximate surface area is 126 Å². The van der Waals surface area contributed by atoms with Gasteiger partial charge in [0.25, 0.3) is 0 Å². The normalized spacial score (nSPS) is 12.1. The average Bonchev–Trinajstić information content (AvgIpc) is 2.41. The van der Waals surface area contributed by atoms with Crippen molar-refractivity contribution >= 4 is 8.18 Å². The Hall–Kier alpha value is -0.0200. The molecule has 4 nitrogen and oxygen atoms in total. The molecule has 5 heteroatoms. The second-order valence-corrected chi connectivity index (χ2v) is 6.72. The molecule has 1 N–H and O–H groups in total. The molecule has 0 fully saturated rings. The van der Waals surface area contributed by atoms with E-state index in [2.05, 4.69) is 16.9 Å². The third kappa shape index (κ3) is 16.0. The van der Waals surface area contributed by atoms with E-state index in [-0.39, 0.29) is 0 Å². The van der Waals surface area contributed by atoms with Crippen LogP contribution in [0.4, 0.5) is 0 Å². The van der Waals surface area contributed by atoms with E-state index in [0.717, 1.165) is 25.9 Å². The zero-order chi connectivity index (χ0) is 15.1. The Balaban J connectivity index is 3.15. The van der Waals surface area contributed by atoms with Gasteiger partial charge in [0, 0.05) is 6.54 Å². The molecule has 0 spiro atoms. The summed E-state index contributed by atoms with van der Waals surface area (Å²) in [5, 5.41) is 2.92. The topological polar surface area (TPSA) is 41.6 Å². The highest BCUT2D eigenvalue weighted by Crippen LogP contribution is 2.17. The maximum atomic E-state index is 11.5. The van der Waals surface area contributed by atoms with Crippen LogP contribution in [0.1, 0.15) is 64.7 Å². The first-order valence-electron chi connectivity index (χ1n) is 8.15. The van der Waals surface area contributed by atoms with E-state index in [1.807, 2.05) is 14.1 Å². The second kappa shape index (κ2) is 15.4. The van der Waals surface area contributed by atoms with Gasteiger partial charge in [-0.05, 0) is 38.0 Å². The fourth-order valence-electron chi connectivity index (χ4n) is 1.99. The molecule has 0 aromatic rings. The van der Waals surface area contributed by atoms with Crippen molar-refractivity contribution in [1.29, 1.82) is 0 Å². The summed E-state index contributed by atoms with van der Waals surface area (Å²) >= 11 is 0. The molecule has 0 radical (unpaired) electrons. The molecule has 0 rings (SSSR count). The van der Waals surface area contributed by atoms with Crippen molar-refractivity contribution in [3.05, 3.63) is 0 Å². The van der Waals surface area contributed by atoms with Crippen LogP contribution in [0.25, 0.3) is 0 Å². The third-order valence-electron chi connectivity index (χ3n) is 3.23. The van der Waals surface area contributed by atoms with E-state index < -0.39 is 8.18 Å². The molecule has 0 bridgehead atoms. The maximum Gasteiger partial charge on any atom is 0.612 e. The first-order valence-corrected chi connectivity index (χ1v) is 9.33. The molecule has 0 aliphatic heterocycles. The number of nitrogens with one attached hydrogen (secondary N) is 1. The average molecular weight is 305 g/mol. The van der Waals surface area contributed by atoms with Gasteiger partial charge in [-0.15, -0.1) is 4.52 Å². The molecule has 120 valence electrons. The van der Waals surface area contributed by atoms with Crippen LogP contribution in [0.3, 0.4) is 0 Å². The first kappa shape index (κ1) is 20.0. The molecule has 0 aliphatic carbocycles. The molecule has 0 aromatic carbocycles. The predicted octanol–water partition coefficient (Wildman–Crippen LogP) is 4.34. The van der Waals surface area contributed by atoms with Crippen LogP contribution in [0.15, 0.2) is 0 Å². The molecule has 0 saturated heterocycles. The highest BCUT2D eigenvalue weighted by molar-refractivity contribution is 7.36. The largest absolute Gasteiger partial charge is 0.612 e. The lowest BCUT2D eigenvalue weighted by Crippen LogP contribution is -2.17. The van der Waals surface area contributed by atoms with E-state index >= 15 is 0 Å². The summed E-state index contributed by atoms with van der Waals surface area (Å²) in [6.45, 7) is 4.62. The number of unbranched alkanes of at least 4 members (excludes halogenated alkanes) is 7. The van der Waals surface area contributed by atoms with Crippen molar-refractivity contribution in [2.45, 2.75) is 64.7 Å². The monoisotopic (exact) mass is 305 g/mol. The van der Waals surface area contributed by atoms with Crippen LogP contribution in [0, 0.1) is 0 Å². The lowest BCUT2D eigenvalue weighted by molar-refractivity contribution is 0.308. The molecule has 0 aliphatic rings. The van der Waals surface area contributed by atoms with Gasteiger partial charge in [0.2, 0.25) is 0 Å². The Morgan fingerprint density at radius 1 is 0.950 bits per heavy atom. The van der Waals surface area contributed by atoms with Crippen molar-refractivity contribution in [3.8, 4) is 0 Å². The molecule has 1 atom stereocenters. The van der Waals surface area contributed by atoms with Crippen LogP contribution in [0.2, 0.25) is 0 Å². The predicted molar refractivity (Wildman–Crippen MR) is 87.3 cm³/mol. The number of rotatable bonds is 15. The summed E-state index contributed by atoms with van der Waals surface area (Å²) < 4.78 is 16.8. The summed E-state index contributed by atoms with van der Waals surface area (Å²) in [7, 11) is 2.42. The van der Waals surface area contributed by atoms with Gasteiger partial charge in [-0.3, -0.25) is 0 Å². The highest BCUT2D eigenvalue weighted by atomic mass is 31.1. The minimum Gasteiger partial charge on any atom is -0.309 e. The van der Waals surface area contributed by atoms with Gasteiger partial charge in [0.15, 0.2) is 0 Å². The molecule has 20 heavy (non-hydrogen) atoms. The number of hydrogen-bond donors (Lipinski definition) is 1. The van der Waals surface area contributed by atoms with Gasteiger partial charge in [0.05, 0.1) is 0 Å². The summed E-state index contributed by atoms with van der Waals surface area (Å²) in [5.74, 6) is 0. The molecular weight excluding hydrogens is 271 g/mol. The Morgan fingerprint density at radius 3 is 2.15 bits per heavy atom. The van der Waals surface area contributed by atoms with E-state index in [4.69, 9.17) is 4.52 Å². The summed E-state index contributed by atoms with van der Waals surface area (Å²) in [4.78, 5) is 2.12. The minimum absolute atomic E-state index is 0.616. The van der Waals surface area contributed by atoms with Gasteiger partial charge in [-0.1, -0.05) is 57.0 Å².